The Morgan fingerprint density at radius 1 is 1.53 bits per heavy atom. The second kappa shape index (κ2) is 7.23. The third-order valence-electron chi connectivity index (χ3n) is 2.96. The molecule has 0 aromatic heterocycles. The molecule has 0 spiro atoms. The van der Waals surface area contributed by atoms with Gasteiger partial charge < -0.3 is 10.6 Å². The number of hydrogen-bond donors (Lipinski definition) is 2. The second-order valence-corrected chi connectivity index (χ2v) is 5.08. The molecule has 2 atom stereocenters. The van der Waals surface area contributed by atoms with E-state index < -0.39 is 0 Å². The summed E-state index contributed by atoms with van der Waals surface area (Å²) in [5, 5.41) is 7.41. The Kier molecular flexibility index (Phi) is 6.25. The molecule has 3 nitrogen and oxygen atoms in total. The van der Waals surface area contributed by atoms with Gasteiger partial charge in [-0.15, -0.1) is 0 Å². The number of piperidine rings is 1. The third-order valence-corrected chi connectivity index (χ3v) is 3.52. The first kappa shape index (κ1) is 13.0. The Balaban J connectivity index is 2.18. The Hall–Kier alpha value is -0.0900. The van der Waals surface area contributed by atoms with Crippen molar-refractivity contribution in [2.75, 3.05) is 18.4 Å². The van der Waals surface area contributed by atoms with Crippen LogP contribution in [0.5, 0.6) is 0 Å². The summed E-state index contributed by atoms with van der Waals surface area (Å²) in [6.45, 7) is 4.22. The van der Waals surface area contributed by atoms with Gasteiger partial charge in [0.2, 0.25) is 5.91 Å². The molecular weight excluding hydrogens is 256 g/mol. The maximum absolute atomic E-state index is 11.6. The molecule has 0 radical (unpaired) electrons. The Bertz CT molecular complexity index is 199. The van der Waals surface area contributed by atoms with Gasteiger partial charge in [-0.2, -0.15) is 0 Å². The SMILES string of the molecule is CC1CCNCC1NC(=O)CCCCBr. The monoisotopic (exact) mass is 276 g/mol. The number of unbranched alkanes of at least 4 members (excludes halogenated alkanes) is 1. The van der Waals surface area contributed by atoms with E-state index in [1.807, 2.05) is 0 Å². The van der Waals surface area contributed by atoms with Gasteiger partial charge in [0.25, 0.3) is 0 Å². The van der Waals surface area contributed by atoms with Crippen molar-refractivity contribution in [1.29, 1.82) is 0 Å². The van der Waals surface area contributed by atoms with E-state index in [4.69, 9.17) is 0 Å². The largest absolute Gasteiger partial charge is 0.352 e. The van der Waals surface area contributed by atoms with Crippen molar-refractivity contribution in [2.24, 2.45) is 5.92 Å². The summed E-state index contributed by atoms with van der Waals surface area (Å²) in [4.78, 5) is 11.6. The minimum absolute atomic E-state index is 0.205. The highest BCUT2D eigenvalue weighted by atomic mass is 79.9. The summed E-state index contributed by atoms with van der Waals surface area (Å²) >= 11 is 3.37. The van der Waals surface area contributed by atoms with Crippen LogP contribution in [0.1, 0.15) is 32.6 Å². The fourth-order valence-corrected chi connectivity index (χ4v) is 2.24. The smallest absolute Gasteiger partial charge is 0.220 e. The molecule has 1 heterocycles. The van der Waals surface area contributed by atoms with Crippen LogP contribution in [0.4, 0.5) is 0 Å². The number of halogens is 1. The zero-order valence-corrected chi connectivity index (χ0v) is 11.0. The van der Waals surface area contributed by atoms with E-state index >= 15 is 0 Å². The average Bonchev–Trinajstić information content (AvgIpc) is 2.22. The molecule has 2 unspecified atom stereocenters. The zero-order valence-electron chi connectivity index (χ0n) is 9.39. The number of nitrogens with one attached hydrogen (secondary N) is 2. The number of carbonyl (C=O) groups is 1. The molecule has 1 saturated heterocycles. The van der Waals surface area contributed by atoms with Crippen LogP contribution >= 0.6 is 15.9 Å². The minimum Gasteiger partial charge on any atom is -0.352 e. The van der Waals surface area contributed by atoms with E-state index in [0.29, 0.717) is 18.4 Å². The lowest BCUT2D eigenvalue weighted by Crippen LogP contribution is -2.50. The standard InChI is InChI=1S/C11H21BrN2O/c1-9-5-7-13-8-10(9)14-11(15)4-2-3-6-12/h9-10,13H,2-8H2,1H3,(H,14,15). The van der Waals surface area contributed by atoms with Crippen molar-refractivity contribution in [3.05, 3.63) is 0 Å². The van der Waals surface area contributed by atoms with Crippen molar-refractivity contribution in [1.82, 2.24) is 10.6 Å². The first-order valence-electron chi connectivity index (χ1n) is 5.80. The highest BCUT2D eigenvalue weighted by Crippen LogP contribution is 2.11. The van der Waals surface area contributed by atoms with Crippen molar-refractivity contribution < 1.29 is 4.79 Å². The van der Waals surface area contributed by atoms with E-state index in [2.05, 4.69) is 33.5 Å². The van der Waals surface area contributed by atoms with Crippen LogP contribution in [0.15, 0.2) is 0 Å². The highest BCUT2D eigenvalue weighted by Gasteiger charge is 2.21. The molecule has 0 aromatic rings. The van der Waals surface area contributed by atoms with Crippen LogP contribution in [0.25, 0.3) is 0 Å². The van der Waals surface area contributed by atoms with Crippen molar-refractivity contribution >= 4 is 21.8 Å². The number of rotatable bonds is 5. The molecule has 0 saturated carbocycles. The molecular formula is C11H21BrN2O. The lowest BCUT2D eigenvalue weighted by atomic mass is 9.94. The number of hydrogen-bond acceptors (Lipinski definition) is 2. The lowest BCUT2D eigenvalue weighted by molar-refractivity contribution is -0.122. The molecule has 1 amide bonds. The predicted molar refractivity (Wildman–Crippen MR) is 66.2 cm³/mol. The van der Waals surface area contributed by atoms with Crippen molar-refractivity contribution in [3.8, 4) is 0 Å². The molecule has 1 aliphatic rings. The van der Waals surface area contributed by atoms with Crippen LogP contribution < -0.4 is 10.6 Å². The van der Waals surface area contributed by atoms with Crippen LogP contribution in [0, 0.1) is 5.92 Å². The van der Waals surface area contributed by atoms with Crippen molar-refractivity contribution in [2.45, 2.75) is 38.6 Å². The average molecular weight is 277 g/mol. The molecule has 0 aromatic carbocycles. The summed E-state index contributed by atoms with van der Waals surface area (Å²) in [5.41, 5.74) is 0. The quantitative estimate of drug-likeness (QED) is 0.593. The topological polar surface area (TPSA) is 41.1 Å². The van der Waals surface area contributed by atoms with Gasteiger partial charge >= 0.3 is 0 Å². The molecule has 1 fully saturated rings. The number of alkyl halides is 1. The first-order valence-corrected chi connectivity index (χ1v) is 6.92. The van der Waals surface area contributed by atoms with Gasteiger partial charge in [-0.05, 0) is 31.7 Å². The Morgan fingerprint density at radius 3 is 3.00 bits per heavy atom. The van der Waals surface area contributed by atoms with Crippen LogP contribution in [-0.4, -0.2) is 30.4 Å². The molecule has 0 bridgehead atoms. The molecule has 4 heteroatoms. The van der Waals surface area contributed by atoms with E-state index in [-0.39, 0.29) is 5.91 Å². The van der Waals surface area contributed by atoms with E-state index in [9.17, 15) is 4.79 Å². The molecule has 0 aliphatic carbocycles. The van der Waals surface area contributed by atoms with Crippen LogP contribution in [0.3, 0.4) is 0 Å². The van der Waals surface area contributed by atoms with Gasteiger partial charge in [-0.25, -0.2) is 0 Å². The summed E-state index contributed by atoms with van der Waals surface area (Å²) < 4.78 is 0. The fourth-order valence-electron chi connectivity index (χ4n) is 1.84. The second-order valence-electron chi connectivity index (χ2n) is 4.29. The lowest BCUT2D eigenvalue weighted by Gasteiger charge is -2.30. The van der Waals surface area contributed by atoms with Gasteiger partial charge in [0.15, 0.2) is 0 Å². The minimum atomic E-state index is 0.205. The van der Waals surface area contributed by atoms with E-state index in [0.717, 1.165) is 37.7 Å². The maximum atomic E-state index is 11.6. The predicted octanol–water partition coefficient (Wildman–Crippen LogP) is 1.67. The van der Waals surface area contributed by atoms with Gasteiger partial charge in [0, 0.05) is 24.3 Å². The third kappa shape index (κ3) is 4.98. The van der Waals surface area contributed by atoms with E-state index in [1.165, 1.54) is 0 Å². The summed E-state index contributed by atoms with van der Waals surface area (Å²) in [6, 6.07) is 0.329. The molecule has 88 valence electrons. The van der Waals surface area contributed by atoms with E-state index in [1.54, 1.807) is 0 Å². The number of amides is 1. The highest BCUT2D eigenvalue weighted by molar-refractivity contribution is 9.09. The maximum Gasteiger partial charge on any atom is 0.220 e. The molecule has 2 N–H and O–H groups in total. The first-order chi connectivity index (χ1) is 7.24. The molecule has 15 heavy (non-hydrogen) atoms. The Morgan fingerprint density at radius 2 is 2.33 bits per heavy atom. The summed E-state index contributed by atoms with van der Waals surface area (Å²) in [7, 11) is 0. The molecule has 1 rings (SSSR count). The van der Waals surface area contributed by atoms with Crippen molar-refractivity contribution in [3.63, 3.8) is 0 Å². The van der Waals surface area contributed by atoms with Gasteiger partial charge in [0.05, 0.1) is 0 Å². The van der Waals surface area contributed by atoms with Gasteiger partial charge in [-0.3, -0.25) is 4.79 Å². The summed E-state index contributed by atoms with van der Waals surface area (Å²) in [6.07, 6.45) is 3.87. The fraction of sp³-hybridized carbons (Fsp3) is 0.909. The van der Waals surface area contributed by atoms with Crippen LogP contribution in [-0.2, 0) is 4.79 Å². The Labute approximate surface area is 101 Å². The van der Waals surface area contributed by atoms with Crippen LogP contribution in [0.2, 0.25) is 0 Å². The molecule has 1 aliphatic heterocycles. The summed E-state index contributed by atoms with van der Waals surface area (Å²) in [5.74, 6) is 0.808. The van der Waals surface area contributed by atoms with Gasteiger partial charge in [-0.1, -0.05) is 22.9 Å². The number of carbonyl (C=O) groups excluding carboxylic acids is 1. The normalized spacial score (nSPS) is 26.3. The zero-order chi connectivity index (χ0) is 11.1. The van der Waals surface area contributed by atoms with Gasteiger partial charge in [0.1, 0.15) is 0 Å².